The van der Waals surface area contributed by atoms with Crippen LogP contribution in [0.1, 0.15) is 11.1 Å². The third-order valence-corrected chi connectivity index (χ3v) is 4.12. The molecule has 0 fully saturated rings. The molecule has 0 amide bonds. The van der Waals surface area contributed by atoms with Crippen LogP contribution in [0.15, 0.2) is 41.4 Å². The van der Waals surface area contributed by atoms with E-state index in [4.69, 9.17) is 14.2 Å². The van der Waals surface area contributed by atoms with E-state index in [2.05, 4.69) is 10.3 Å². The number of rotatable bonds is 7. The van der Waals surface area contributed by atoms with Crippen LogP contribution >= 0.6 is 0 Å². The zero-order chi connectivity index (χ0) is 19.8. The van der Waals surface area contributed by atoms with Crippen LogP contribution in [0.3, 0.4) is 0 Å². The standard InChI is InChI=1S/C20H26FN3O3/c1-22-20(24(2)13-14-7-6-8-15(21)9-14)23-12-17-18(26-4)10-16(25-3)11-19(17)27-5/h6-11H,12-13H2,1-5H3,(H,22,23). The molecule has 0 bridgehead atoms. The highest BCUT2D eigenvalue weighted by atomic mass is 19.1. The second kappa shape index (κ2) is 9.66. The number of nitrogens with one attached hydrogen (secondary N) is 1. The largest absolute Gasteiger partial charge is 0.496 e. The summed E-state index contributed by atoms with van der Waals surface area (Å²) < 4.78 is 29.6. The van der Waals surface area contributed by atoms with Crippen molar-refractivity contribution in [2.75, 3.05) is 35.4 Å². The smallest absolute Gasteiger partial charge is 0.193 e. The van der Waals surface area contributed by atoms with Gasteiger partial charge in [0.2, 0.25) is 0 Å². The number of ether oxygens (including phenoxy) is 3. The lowest BCUT2D eigenvalue weighted by molar-refractivity contribution is 0.367. The first-order chi connectivity index (χ1) is 13.0. The number of methoxy groups -OCH3 is 3. The monoisotopic (exact) mass is 375 g/mol. The first-order valence-corrected chi connectivity index (χ1v) is 8.47. The minimum absolute atomic E-state index is 0.253. The van der Waals surface area contributed by atoms with Crippen molar-refractivity contribution in [1.29, 1.82) is 0 Å². The topological polar surface area (TPSA) is 55.3 Å². The van der Waals surface area contributed by atoms with Gasteiger partial charge in [0, 0.05) is 32.8 Å². The Balaban J connectivity index is 2.13. The Bertz CT molecular complexity index is 771. The zero-order valence-electron chi connectivity index (χ0n) is 16.4. The third-order valence-electron chi connectivity index (χ3n) is 4.12. The van der Waals surface area contributed by atoms with Gasteiger partial charge in [-0.15, -0.1) is 0 Å². The average Bonchev–Trinajstić information content (AvgIpc) is 2.68. The first-order valence-electron chi connectivity index (χ1n) is 8.47. The van der Waals surface area contributed by atoms with Crippen LogP contribution in [0.2, 0.25) is 0 Å². The van der Waals surface area contributed by atoms with Crippen LogP contribution in [0.5, 0.6) is 17.2 Å². The molecule has 2 aromatic carbocycles. The van der Waals surface area contributed by atoms with Crippen molar-refractivity contribution in [3.05, 3.63) is 53.3 Å². The van der Waals surface area contributed by atoms with E-state index in [1.165, 1.54) is 12.1 Å². The maximum atomic E-state index is 13.4. The van der Waals surface area contributed by atoms with E-state index in [0.717, 1.165) is 11.1 Å². The van der Waals surface area contributed by atoms with Crippen molar-refractivity contribution in [1.82, 2.24) is 10.2 Å². The molecule has 2 aromatic rings. The van der Waals surface area contributed by atoms with E-state index in [1.807, 2.05) is 18.0 Å². The predicted octanol–water partition coefficient (Wildman–Crippen LogP) is 3.06. The summed E-state index contributed by atoms with van der Waals surface area (Å²) in [5.41, 5.74) is 1.71. The van der Waals surface area contributed by atoms with E-state index in [-0.39, 0.29) is 5.82 Å². The second-order valence-corrected chi connectivity index (χ2v) is 5.90. The molecule has 2 rings (SSSR count). The molecule has 6 nitrogen and oxygen atoms in total. The van der Waals surface area contributed by atoms with E-state index in [0.29, 0.717) is 36.3 Å². The van der Waals surface area contributed by atoms with Gasteiger partial charge in [0.05, 0.1) is 33.4 Å². The molecule has 7 heteroatoms. The molecule has 27 heavy (non-hydrogen) atoms. The van der Waals surface area contributed by atoms with Gasteiger partial charge in [-0.05, 0) is 17.7 Å². The van der Waals surface area contributed by atoms with Gasteiger partial charge in [0.25, 0.3) is 0 Å². The molecular formula is C20H26FN3O3. The summed E-state index contributed by atoms with van der Waals surface area (Å²) in [6, 6.07) is 10.1. The Hall–Kier alpha value is -2.96. The van der Waals surface area contributed by atoms with Crippen molar-refractivity contribution in [2.24, 2.45) is 4.99 Å². The molecule has 0 heterocycles. The highest BCUT2D eigenvalue weighted by Crippen LogP contribution is 2.33. The van der Waals surface area contributed by atoms with Crippen molar-refractivity contribution in [2.45, 2.75) is 13.1 Å². The normalized spacial score (nSPS) is 11.1. The second-order valence-electron chi connectivity index (χ2n) is 5.90. The molecule has 0 aliphatic heterocycles. The molecule has 1 N–H and O–H groups in total. The van der Waals surface area contributed by atoms with Gasteiger partial charge in [-0.1, -0.05) is 12.1 Å². The number of nitrogens with zero attached hydrogens (tertiary/aromatic N) is 2. The van der Waals surface area contributed by atoms with Gasteiger partial charge >= 0.3 is 0 Å². The van der Waals surface area contributed by atoms with Crippen LogP contribution in [0, 0.1) is 5.82 Å². The highest BCUT2D eigenvalue weighted by molar-refractivity contribution is 5.79. The van der Waals surface area contributed by atoms with Gasteiger partial charge in [0.1, 0.15) is 23.1 Å². The summed E-state index contributed by atoms with van der Waals surface area (Å²) in [5, 5.41) is 3.29. The molecule has 0 aromatic heterocycles. The number of guanidine groups is 1. The Morgan fingerprint density at radius 3 is 2.26 bits per heavy atom. The summed E-state index contributed by atoms with van der Waals surface area (Å²) in [5.74, 6) is 2.37. The number of halogens is 1. The molecule has 0 radical (unpaired) electrons. The summed E-state index contributed by atoms with van der Waals surface area (Å²) in [6.45, 7) is 0.963. The van der Waals surface area contributed by atoms with Gasteiger partial charge < -0.3 is 24.4 Å². The van der Waals surface area contributed by atoms with E-state index in [1.54, 1.807) is 46.6 Å². The number of hydrogen-bond donors (Lipinski definition) is 1. The molecule has 0 aliphatic rings. The fraction of sp³-hybridized carbons (Fsp3) is 0.350. The predicted molar refractivity (Wildman–Crippen MR) is 104 cm³/mol. The third kappa shape index (κ3) is 5.26. The molecule has 0 aliphatic carbocycles. The Labute approximate surface area is 159 Å². The van der Waals surface area contributed by atoms with Crippen LogP contribution in [0.25, 0.3) is 0 Å². The Morgan fingerprint density at radius 1 is 1.07 bits per heavy atom. The first kappa shape index (κ1) is 20.4. The van der Waals surface area contributed by atoms with Crippen LogP contribution in [-0.4, -0.2) is 46.3 Å². The summed E-state index contributed by atoms with van der Waals surface area (Å²) in [4.78, 5) is 6.21. The molecule has 0 saturated carbocycles. The van der Waals surface area contributed by atoms with E-state index < -0.39 is 0 Å². The number of aliphatic imine (C=N–C) groups is 1. The highest BCUT2D eigenvalue weighted by Gasteiger charge is 2.15. The van der Waals surface area contributed by atoms with Gasteiger partial charge in [0.15, 0.2) is 5.96 Å². The van der Waals surface area contributed by atoms with Gasteiger partial charge in [-0.25, -0.2) is 4.39 Å². The minimum atomic E-state index is -0.253. The van der Waals surface area contributed by atoms with Crippen molar-refractivity contribution in [3.63, 3.8) is 0 Å². The summed E-state index contributed by atoms with van der Waals surface area (Å²) in [7, 11) is 8.39. The fourth-order valence-corrected chi connectivity index (χ4v) is 2.79. The molecule has 0 unspecified atom stereocenters. The maximum Gasteiger partial charge on any atom is 0.193 e. The summed E-state index contributed by atoms with van der Waals surface area (Å²) in [6.07, 6.45) is 0. The van der Waals surface area contributed by atoms with E-state index in [9.17, 15) is 4.39 Å². The molecule has 146 valence electrons. The molecule has 0 spiro atoms. The Kier molecular flexibility index (Phi) is 7.28. The lowest BCUT2D eigenvalue weighted by Gasteiger charge is -2.23. The van der Waals surface area contributed by atoms with Gasteiger partial charge in [-0.2, -0.15) is 0 Å². The van der Waals surface area contributed by atoms with Crippen molar-refractivity contribution >= 4 is 5.96 Å². The van der Waals surface area contributed by atoms with Crippen LogP contribution in [-0.2, 0) is 13.1 Å². The number of benzene rings is 2. The molecule has 0 saturated heterocycles. The minimum Gasteiger partial charge on any atom is -0.496 e. The van der Waals surface area contributed by atoms with Crippen LogP contribution < -0.4 is 19.5 Å². The average molecular weight is 375 g/mol. The van der Waals surface area contributed by atoms with Crippen molar-refractivity contribution in [3.8, 4) is 17.2 Å². The molecule has 0 atom stereocenters. The summed E-state index contributed by atoms with van der Waals surface area (Å²) >= 11 is 0. The lowest BCUT2D eigenvalue weighted by atomic mass is 10.1. The SMILES string of the molecule is CN=C(NCc1c(OC)cc(OC)cc1OC)N(C)Cc1cccc(F)c1. The Morgan fingerprint density at radius 2 is 1.74 bits per heavy atom. The van der Waals surface area contributed by atoms with E-state index >= 15 is 0 Å². The maximum absolute atomic E-state index is 13.4. The van der Waals surface area contributed by atoms with Crippen molar-refractivity contribution < 1.29 is 18.6 Å². The molecular weight excluding hydrogens is 349 g/mol. The van der Waals surface area contributed by atoms with Crippen LogP contribution in [0.4, 0.5) is 4.39 Å². The van der Waals surface area contributed by atoms with Gasteiger partial charge in [-0.3, -0.25) is 4.99 Å². The zero-order valence-corrected chi connectivity index (χ0v) is 16.4. The fourth-order valence-electron chi connectivity index (χ4n) is 2.79. The quantitative estimate of drug-likeness (QED) is 0.595. The lowest BCUT2D eigenvalue weighted by Crippen LogP contribution is -2.38. The number of hydrogen-bond acceptors (Lipinski definition) is 4.